The van der Waals surface area contributed by atoms with E-state index >= 15 is 0 Å². The van der Waals surface area contributed by atoms with E-state index in [1.54, 1.807) is 19.1 Å². The van der Waals surface area contributed by atoms with Crippen LogP contribution in [-0.2, 0) is 6.42 Å². The van der Waals surface area contributed by atoms with Crippen LogP contribution in [0.15, 0.2) is 27.4 Å². The quantitative estimate of drug-likeness (QED) is 0.934. The molecule has 2 aromatic rings. The molecule has 96 valence electrons. The number of hydrogen-bond acceptors (Lipinski definition) is 5. The van der Waals surface area contributed by atoms with E-state index in [9.17, 15) is 9.50 Å². The van der Waals surface area contributed by atoms with Gasteiger partial charge in [0.25, 0.3) is 0 Å². The van der Waals surface area contributed by atoms with Gasteiger partial charge in [0.1, 0.15) is 11.6 Å². The number of aryl methyl sites for hydroxylation is 1. The van der Waals surface area contributed by atoms with Crippen molar-refractivity contribution in [1.29, 1.82) is 0 Å². The Balaban J connectivity index is 2.33. The lowest BCUT2D eigenvalue weighted by Gasteiger charge is -2.10. The molecule has 0 radical (unpaired) electrons. The topological polar surface area (TPSA) is 46.0 Å². The molecule has 0 amide bonds. The predicted octanol–water partition coefficient (Wildman–Crippen LogP) is 3.44. The SMILES string of the molecule is CCc1nsc(Sc2c(F)cccc2[C@H](C)O)n1. The third kappa shape index (κ3) is 2.88. The minimum absolute atomic E-state index is 0.341. The smallest absolute Gasteiger partial charge is 0.174 e. The van der Waals surface area contributed by atoms with Crippen molar-refractivity contribution in [2.75, 3.05) is 0 Å². The van der Waals surface area contributed by atoms with Crippen LogP contribution in [0.5, 0.6) is 0 Å². The average molecular weight is 284 g/mol. The summed E-state index contributed by atoms with van der Waals surface area (Å²) in [6.07, 6.45) is 0.0548. The Labute approximate surface area is 113 Å². The Morgan fingerprint density at radius 3 is 2.89 bits per heavy atom. The zero-order chi connectivity index (χ0) is 13.1. The van der Waals surface area contributed by atoms with Crippen LogP contribution < -0.4 is 0 Å². The van der Waals surface area contributed by atoms with E-state index < -0.39 is 6.10 Å². The summed E-state index contributed by atoms with van der Waals surface area (Å²) in [7, 11) is 0. The van der Waals surface area contributed by atoms with Gasteiger partial charge in [-0.05, 0) is 30.1 Å². The first-order chi connectivity index (χ1) is 8.61. The second-order valence-corrected chi connectivity index (χ2v) is 5.78. The highest BCUT2D eigenvalue weighted by molar-refractivity contribution is 8.01. The summed E-state index contributed by atoms with van der Waals surface area (Å²) in [6.45, 7) is 3.59. The lowest BCUT2D eigenvalue weighted by molar-refractivity contribution is 0.195. The van der Waals surface area contributed by atoms with E-state index in [0.717, 1.165) is 12.2 Å². The average Bonchev–Trinajstić information content (AvgIpc) is 2.79. The number of aromatic nitrogens is 2. The van der Waals surface area contributed by atoms with E-state index in [1.807, 2.05) is 6.92 Å². The molecule has 0 aliphatic rings. The second kappa shape index (κ2) is 5.77. The van der Waals surface area contributed by atoms with Crippen LogP contribution in [0.1, 0.15) is 31.3 Å². The van der Waals surface area contributed by atoms with E-state index in [2.05, 4.69) is 9.36 Å². The van der Waals surface area contributed by atoms with Crippen molar-refractivity contribution in [3.63, 3.8) is 0 Å². The molecule has 0 fully saturated rings. The molecular weight excluding hydrogens is 271 g/mol. The van der Waals surface area contributed by atoms with Gasteiger partial charge in [0.2, 0.25) is 0 Å². The monoisotopic (exact) mass is 284 g/mol. The highest BCUT2D eigenvalue weighted by Crippen LogP contribution is 2.36. The molecule has 3 nitrogen and oxygen atoms in total. The van der Waals surface area contributed by atoms with Crippen LogP contribution in [0, 0.1) is 5.82 Å². The van der Waals surface area contributed by atoms with Crippen LogP contribution in [0.2, 0.25) is 0 Å². The molecule has 1 heterocycles. The van der Waals surface area contributed by atoms with Crippen molar-refractivity contribution in [3.05, 3.63) is 35.4 Å². The number of aliphatic hydroxyl groups is 1. The van der Waals surface area contributed by atoms with E-state index in [4.69, 9.17) is 0 Å². The number of rotatable bonds is 4. The largest absolute Gasteiger partial charge is 0.389 e. The summed E-state index contributed by atoms with van der Waals surface area (Å²) < 4.78 is 18.7. The second-order valence-electron chi connectivity index (χ2n) is 3.77. The van der Waals surface area contributed by atoms with Crippen molar-refractivity contribution in [2.45, 2.75) is 35.6 Å². The standard InChI is InChI=1S/C12H13FN2OS2/c1-3-10-14-12(18-15-10)17-11-8(7(2)16)5-4-6-9(11)13/h4-7,16H,3H2,1-2H3/t7-/m0/s1. The van der Waals surface area contributed by atoms with Gasteiger partial charge in [-0.2, -0.15) is 4.37 Å². The summed E-state index contributed by atoms with van der Waals surface area (Å²) >= 11 is 2.47. The molecule has 0 aliphatic heterocycles. The molecule has 1 aromatic heterocycles. The molecule has 18 heavy (non-hydrogen) atoms. The molecule has 0 saturated heterocycles. The van der Waals surface area contributed by atoms with Gasteiger partial charge >= 0.3 is 0 Å². The lowest BCUT2D eigenvalue weighted by Crippen LogP contribution is -1.96. The number of hydrogen-bond donors (Lipinski definition) is 1. The highest BCUT2D eigenvalue weighted by atomic mass is 32.2. The Bertz CT molecular complexity index is 543. The lowest BCUT2D eigenvalue weighted by atomic mass is 10.1. The van der Waals surface area contributed by atoms with Gasteiger partial charge in [-0.3, -0.25) is 0 Å². The van der Waals surface area contributed by atoms with E-state index in [1.165, 1.54) is 29.4 Å². The van der Waals surface area contributed by atoms with Crippen molar-refractivity contribution in [3.8, 4) is 0 Å². The summed E-state index contributed by atoms with van der Waals surface area (Å²) in [5.41, 5.74) is 0.577. The number of benzene rings is 1. The first-order valence-electron chi connectivity index (χ1n) is 5.58. The zero-order valence-corrected chi connectivity index (χ0v) is 11.7. The van der Waals surface area contributed by atoms with Crippen LogP contribution in [-0.4, -0.2) is 14.5 Å². The van der Waals surface area contributed by atoms with Crippen molar-refractivity contribution >= 4 is 23.3 Å². The Kier molecular flexibility index (Phi) is 4.31. The minimum atomic E-state index is -0.707. The molecular formula is C12H13FN2OS2. The first-order valence-corrected chi connectivity index (χ1v) is 7.17. The van der Waals surface area contributed by atoms with Gasteiger partial charge in [-0.25, -0.2) is 9.37 Å². The van der Waals surface area contributed by atoms with Gasteiger partial charge in [0, 0.05) is 6.42 Å². The fourth-order valence-electron chi connectivity index (χ4n) is 1.47. The number of nitrogens with zero attached hydrogens (tertiary/aromatic N) is 2. The molecule has 2 rings (SSSR count). The maximum atomic E-state index is 13.8. The van der Waals surface area contributed by atoms with Gasteiger partial charge in [0.05, 0.1) is 11.0 Å². The third-order valence-corrected chi connectivity index (χ3v) is 4.33. The third-order valence-electron chi connectivity index (χ3n) is 2.40. The van der Waals surface area contributed by atoms with Gasteiger partial charge < -0.3 is 5.11 Å². The maximum absolute atomic E-state index is 13.8. The minimum Gasteiger partial charge on any atom is -0.389 e. The summed E-state index contributed by atoms with van der Waals surface area (Å²) in [6, 6.07) is 4.70. The fraction of sp³-hybridized carbons (Fsp3) is 0.333. The van der Waals surface area contributed by atoms with Gasteiger partial charge in [-0.15, -0.1) is 0 Å². The Morgan fingerprint density at radius 1 is 1.50 bits per heavy atom. The summed E-state index contributed by atoms with van der Waals surface area (Å²) in [5, 5.41) is 9.65. The Morgan fingerprint density at radius 2 is 2.28 bits per heavy atom. The molecule has 1 aromatic carbocycles. The van der Waals surface area contributed by atoms with Crippen LogP contribution in [0.3, 0.4) is 0 Å². The summed E-state index contributed by atoms with van der Waals surface area (Å²) in [4.78, 5) is 4.71. The van der Waals surface area contributed by atoms with Gasteiger partial charge in [0.15, 0.2) is 4.34 Å². The molecule has 0 spiro atoms. The van der Waals surface area contributed by atoms with E-state index in [-0.39, 0.29) is 5.82 Å². The van der Waals surface area contributed by atoms with Crippen LogP contribution in [0.25, 0.3) is 0 Å². The molecule has 0 unspecified atom stereocenters. The molecule has 0 aliphatic carbocycles. The predicted molar refractivity (Wildman–Crippen MR) is 70.4 cm³/mol. The van der Waals surface area contributed by atoms with Crippen molar-refractivity contribution < 1.29 is 9.50 Å². The number of halogens is 1. The maximum Gasteiger partial charge on any atom is 0.174 e. The highest BCUT2D eigenvalue weighted by Gasteiger charge is 2.15. The fourth-order valence-corrected chi connectivity index (χ4v) is 3.33. The van der Waals surface area contributed by atoms with Crippen molar-refractivity contribution in [2.24, 2.45) is 0 Å². The molecule has 0 bridgehead atoms. The summed E-state index contributed by atoms with van der Waals surface area (Å²) in [5.74, 6) is 0.420. The molecule has 1 N–H and O–H groups in total. The molecule has 6 heteroatoms. The van der Waals surface area contributed by atoms with Crippen LogP contribution >= 0.6 is 23.3 Å². The first kappa shape index (κ1) is 13.5. The number of aliphatic hydroxyl groups excluding tert-OH is 1. The Hall–Kier alpha value is -0.980. The normalized spacial score (nSPS) is 12.7. The molecule has 0 saturated carbocycles. The van der Waals surface area contributed by atoms with Crippen molar-refractivity contribution in [1.82, 2.24) is 9.36 Å². The van der Waals surface area contributed by atoms with Gasteiger partial charge in [-0.1, -0.05) is 30.8 Å². The van der Waals surface area contributed by atoms with Crippen LogP contribution in [0.4, 0.5) is 4.39 Å². The van der Waals surface area contributed by atoms with E-state index in [0.29, 0.717) is 14.8 Å². The molecule has 1 atom stereocenters. The zero-order valence-electron chi connectivity index (χ0n) is 10.1.